The van der Waals surface area contributed by atoms with Gasteiger partial charge >= 0.3 is 0 Å². The number of ether oxygens (including phenoxy) is 2. The molecule has 1 aliphatic rings. The zero-order valence-corrected chi connectivity index (χ0v) is 16.6. The summed E-state index contributed by atoms with van der Waals surface area (Å²) in [5, 5.41) is 0. The van der Waals surface area contributed by atoms with Crippen molar-refractivity contribution in [3.8, 4) is 11.5 Å². The van der Waals surface area contributed by atoms with Crippen LogP contribution >= 0.6 is 0 Å². The molecule has 9 nitrogen and oxygen atoms in total. The Bertz CT molecular complexity index is 991. The van der Waals surface area contributed by atoms with Crippen LogP contribution < -0.4 is 24.6 Å². The Morgan fingerprint density at radius 3 is 2.41 bits per heavy atom. The Morgan fingerprint density at radius 2 is 1.79 bits per heavy atom. The first-order valence-corrected chi connectivity index (χ1v) is 10.4. The quantitative estimate of drug-likeness (QED) is 0.622. The lowest BCUT2D eigenvalue weighted by Gasteiger charge is -2.16. The van der Waals surface area contributed by atoms with E-state index in [4.69, 9.17) is 9.47 Å². The summed E-state index contributed by atoms with van der Waals surface area (Å²) in [5.74, 6) is 0.150. The number of rotatable bonds is 8. The second-order valence-corrected chi connectivity index (χ2v) is 7.92. The minimum absolute atomic E-state index is 0.0149. The lowest BCUT2D eigenvalue weighted by Crippen LogP contribution is -2.43. The lowest BCUT2D eigenvalue weighted by atomic mass is 10.3. The molecule has 0 spiro atoms. The molecular weight excluding hydrogens is 398 g/mol. The standard InChI is InChI=1S/C19H21N3O6S/c1-27-16-5-2-3-6-17(16)28-13-18(23)20-21-29(25,26)15-10-8-14(9-11-15)22-12-4-7-19(22)24/h2-3,5-6,8-11,21H,4,7,12-13H2,1H3,(H,20,23). The van der Waals surface area contributed by atoms with Gasteiger partial charge in [0.05, 0.1) is 12.0 Å². The van der Waals surface area contributed by atoms with Gasteiger partial charge in [0, 0.05) is 18.7 Å². The van der Waals surface area contributed by atoms with E-state index in [0.717, 1.165) is 6.42 Å². The van der Waals surface area contributed by atoms with Crippen LogP contribution in [0.3, 0.4) is 0 Å². The molecule has 0 radical (unpaired) electrons. The minimum Gasteiger partial charge on any atom is -0.493 e. The number of anilines is 1. The van der Waals surface area contributed by atoms with Gasteiger partial charge in [-0.1, -0.05) is 12.1 Å². The topological polar surface area (TPSA) is 114 Å². The van der Waals surface area contributed by atoms with Crippen molar-refractivity contribution in [2.24, 2.45) is 0 Å². The van der Waals surface area contributed by atoms with Gasteiger partial charge in [-0.05, 0) is 42.8 Å². The lowest BCUT2D eigenvalue weighted by molar-refractivity contribution is -0.123. The summed E-state index contributed by atoms with van der Waals surface area (Å²) in [6, 6.07) is 12.7. The number of nitrogens with one attached hydrogen (secondary N) is 2. The molecular formula is C19H21N3O6S. The van der Waals surface area contributed by atoms with E-state index in [-0.39, 0.29) is 10.8 Å². The number of amides is 2. The van der Waals surface area contributed by atoms with Gasteiger partial charge in [-0.15, -0.1) is 4.83 Å². The maximum absolute atomic E-state index is 12.3. The fourth-order valence-corrected chi connectivity index (χ4v) is 3.69. The van der Waals surface area contributed by atoms with E-state index in [2.05, 4.69) is 5.43 Å². The molecule has 0 saturated carbocycles. The van der Waals surface area contributed by atoms with Crippen LogP contribution in [-0.2, 0) is 19.6 Å². The highest BCUT2D eigenvalue weighted by Gasteiger charge is 2.22. The summed E-state index contributed by atoms with van der Waals surface area (Å²) in [4.78, 5) is 27.3. The number of hydrogen-bond acceptors (Lipinski definition) is 6. The van der Waals surface area contributed by atoms with Gasteiger partial charge < -0.3 is 14.4 Å². The summed E-state index contributed by atoms with van der Waals surface area (Å²) < 4.78 is 35.1. The number of methoxy groups -OCH3 is 1. The van der Waals surface area contributed by atoms with E-state index < -0.39 is 22.5 Å². The fourth-order valence-electron chi connectivity index (χ4n) is 2.83. The number of sulfonamides is 1. The molecule has 3 rings (SSSR count). The highest BCUT2D eigenvalue weighted by molar-refractivity contribution is 7.89. The van der Waals surface area contributed by atoms with Crippen LogP contribution in [0.15, 0.2) is 53.4 Å². The van der Waals surface area contributed by atoms with Crippen molar-refractivity contribution in [2.45, 2.75) is 17.7 Å². The first kappa shape index (κ1) is 20.6. The van der Waals surface area contributed by atoms with Crippen molar-refractivity contribution in [3.05, 3.63) is 48.5 Å². The maximum atomic E-state index is 12.3. The average molecular weight is 419 g/mol. The predicted molar refractivity (Wildman–Crippen MR) is 105 cm³/mol. The van der Waals surface area contributed by atoms with Crippen LogP contribution in [0.5, 0.6) is 11.5 Å². The molecule has 0 aromatic heterocycles. The second-order valence-electron chi connectivity index (χ2n) is 6.24. The van der Waals surface area contributed by atoms with Crippen LogP contribution in [-0.4, -0.2) is 40.5 Å². The van der Waals surface area contributed by atoms with Crippen molar-refractivity contribution >= 4 is 27.5 Å². The van der Waals surface area contributed by atoms with Gasteiger partial charge in [-0.25, -0.2) is 8.42 Å². The maximum Gasteiger partial charge on any atom is 0.272 e. The number of benzene rings is 2. The van der Waals surface area contributed by atoms with Crippen molar-refractivity contribution in [3.63, 3.8) is 0 Å². The molecule has 1 saturated heterocycles. The molecule has 2 aromatic rings. The van der Waals surface area contributed by atoms with Crippen LogP contribution in [0.25, 0.3) is 0 Å². The van der Waals surface area contributed by atoms with Gasteiger partial charge in [0.25, 0.3) is 15.9 Å². The first-order valence-electron chi connectivity index (χ1n) is 8.87. The largest absolute Gasteiger partial charge is 0.493 e. The summed E-state index contributed by atoms with van der Waals surface area (Å²) in [5.41, 5.74) is 2.74. The molecule has 1 heterocycles. The molecule has 29 heavy (non-hydrogen) atoms. The molecule has 10 heteroatoms. The van der Waals surface area contributed by atoms with Gasteiger partial charge in [0.1, 0.15) is 0 Å². The zero-order valence-electron chi connectivity index (χ0n) is 15.8. The van der Waals surface area contributed by atoms with E-state index in [1.165, 1.54) is 19.2 Å². The number of nitrogens with zero attached hydrogens (tertiary/aromatic N) is 1. The minimum atomic E-state index is -3.97. The van der Waals surface area contributed by atoms with E-state index in [1.54, 1.807) is 41.3 Å². The third kappa shape index (κ3) is 5.04. The highest BCUT2D eigenvalue weighted by Crippen LogP contribution is 2.25. The molecule has 154 valence electrons. The molecule has 0 bridgehead atoms. The van der Waals surface area contributed by atoms with E-state index in [1.807, 2.05) is 4.83 Å². The van der Waals surface area contributed by atoms with Crippen LogP contribution in [0, 0.1) is 0 Å². The summed E-state index contributed by atoms with van der Waals surface area (Å²) in [6.45, 7) is 0.213. The van der Waals surface area contributed by atoms with Gasteiger partial charge in [0.15, 0.2) is 18.1 Å². The summed E-state index contributed by atoms with van der Waals surface area (Å²) in [6.07, 6.45) is 1.27. The van der Waals surface area contributed by atoms with Gasteiger partial charge in [-0.2, -0.15) is 0 Å². The third-order valence-electron chi connectivity index (χ3n) is 4.28. The van der Waals surface area contributed by atoms with Crippen molar-refractivity contribution in [1.82, 2.24) is 10.3 Å². The van der Waals surface area contributed by atoms with E-state index >= 15 is 0 Å². The first-order chi connectivity index (χ1) is 13.9. The molecule has 1 aliphatic heterocycles. The molecule has 2 aromatic carbocycles. The molecule has 0 aliphatic carbocycles. The Labute approximate surface area is 168 Å². The summed E-state index contributed by atoms with van der Waals surface area (Å²) in [7, 11) is -2.50. The molecule has 2 amide bonds. The number of hydrazine groups is 1. The van der Waals surface area contributed by atoms with Crippen LogP contribution in [0.2, 0.25) is 0 Å². The molecule has 0 unspecified atom stereocenters. The monoisotopic (exact) mass is 419 g/mol. The normalized spacial score (nSPS) is 14.0. The number of hydrogen-bond donors (Lipinski definition) is 2. The van der Waals surface area contributed by atoms with Crippen molar-refractivity contribution < 1.29 is 27.5 Å². The van der Waals surface area contributed by atoms with E-state index in [9.17, 15) is 18.0 Å². The smallest absolute Gasteiger partial charge is 0.272 e. The Balaban J connectivity index is 1.55. The Hall–Kier alpha value is -3.11. The van der Waals surface area contributed by atoms with E-state index in [0.29, 0.717) is 30.2 Å². The SMILES string of the molecule is COc1ccccc1OCC(=O)NNS(=O)(=O)c1ccc(N2CCCC2=O)cc1. The van der Waals surface area contributed by atoms with Crippen LogP contribution in [0.4, 0.5) is 5.69 Å². The number of para-hydroxylation sites is 2. The second kappa shape index (κ2) is 8.93. The number of carbonyl (C=O) groups excluding carboxylic acids is 2. The van der Waals surface area contributed by atoms with Crippen molar-refractivity contribution in [2.75, 3.05) is 25.2 Å². The highest BCUT2D eigenvalue weighted by atomic mass is 32.2. The van der Waals surface area contributed by atoms with Crippen molar-refractivity contribution in [1.29, 1.82) is 0 Å². The summed E-state index contributed by atoms with van der Waals surface area (Å²) >= 11 is 0. The average Bonchev–Trinajstić information content (AvgIpc) is 3.17. The van der Waals surface area contributed by atoms with Gasteiger partial charge in [-0.3, -0.25) is 15.0 Å². The fraction of sp³-hybridized carbons (Fsp3) is 0.263. The predicted octanol–water partition coefficient (Wildman–Crippen LogP) is 1.21. The van der Waals surface area contributed by atoms with Gasteiger partial charge in [0.2, 0.25) is 5.91 Å². The molecule has 0 atom stereocenters. The third-order valence-corrected chi connectivity index (χ3v) is 5.55. The Kier molecular flexibility index (Phi) is 6.35. The zero-order chi connectivity index (χ0) is 20.9. The Morgan fingerprint density at radius 1 is 1.10 bits per heavy atom. The molecule has 2 N–H and O–H groups in total. The van der Waals surface area contributed by atoms with Crippen LogP contribution in [0.1, 0.15) is 12.8 Å². The number of carbonyl (C=O) groups is 2. The molecule has 1 fully saturated rings.